The van der Waals surface area contributed by atoms with E-state index in [1.54, 1.807) is 29.6 Å². The Hall–Kier alpha value is -2.67. The molecule has 2 amide bonds. The molecule has 0 aliphatic carbocycles. The van der Waals surface area contributed by atoms with Crippen LogP contribution in [0.4, 0.5) is 0 Å². The molecule has 2 aromatic rings. The number of thiophene rings is 1. The van der Waals surface area contributed by atoms with Crippen molar-refractivity contribution in [3.8, 4) is 0 Å². The fourth-order valence-corrected chi connectivity index (χ4v) is 2.87. The zero-order valence-electron chi connectivity index (χ0n) is 14.2. The number of hydrogen-bond donors (Lipinski definition) is 3. The first kappa shape index (κ1) is 18.7. The number of carboxylic acids is 1. The smallest absolute Gasteiger partial charge is 0.330 e. The number of aliphatic carboxylic acids is 1. The lowest BCUT2D eigenvalue weighted by molar-refractivity contribution is -0.142. The molecule has 3 N–H and O–H groups in total. The van der Waals surface area contributed by atoms with Crippen LogP contribution in [0.3, 0.4) is 0 Å². The number of hydrogen-bond acceptors (Lipinski definition) is 4. The van der Waals surface area contributed by atoms with Crippen LogP contribution >= 0.6 is 11.3 Å². The molecular weight excluding hydrogens is 340 g/mol. The molecule has 132 valence electrons. The number of nitrogens with one attached hydrogen (secondary N) is 2. The molecule has 7 heteroatoms. The Morgan fingerprint density at radius 1 is 1.08 bits per heavy atom. The van der Waals surface area contributed by atoms with Gasteiger partial charge in [0.25, 0.3) is 5.91 Å². The molecule has 0 spiro atoms. The maximum atomic E-state index is 12.3. The van der Waals surface area contributed by atoms with Gasteiger partial charge in [0, 0.05) is 0 Å². The first-order chi connectivity index (χ1) is 11.8. The fourth-order valence-electron chi connectivity index (χ4n) is 2.24. The average molecular weight is 360 g/mol. The van der Waals surface area contributed by atoms with E-state index in [-0.39, 0.29) is 5.91 Å². The van der Waals surface area contributed by atoms with E-state index in [9.17, 15) is 19.5 Å². The highest BCUT2D eigenvalue weighted by atomic mass is 32.1. The van der Waals surface area contributed by atoms with Crippen LogP contribution < -0.4 is 10.6 Å². The van der Waals surface area contributed by atoms with Gasteiger partial charge in [-0.1, -0.05) is 24.3 Å². The number of carbonyl (C=O) groups is 3. The Balaban J connectivity index is 2.08. The molecule has 25 heavy (non-hydrogen) atoms. The molecule has 0 fully saturated rings. The molecule has 0 aliphatic rings. The monoisotopic (exact) mass is 360 g/mol. The highest BCUT2D eigenvalue weighted by molar-refractivity contribution is 7.12. The van der Waals surface area contributed by atoms with Crippen LogP contribution in [0, 0.1) is 13.8 Å². The largest absolute Gasteiger partial charge is 0.479 e. The number of benzene rings is 1. The van der Waals surface area contributed by atoms with Crippen LogP contribution in [0.5, 0.6) is 0 Å². The molecule has 2 atom stereocenters. The van der Waals surface area contributed by atoms with Crippen molar-refractivity contribution in [2.45, 2.75) is 32.9 Å². The third-order valence-corrected chi connectivity index (χ3v) is 4.75. The van der Waals surface area contributed by atoms with Crippen LogP contribution in [0.25, 0.3) is 0 Å². The number of aryl methyl sites for hydroxylation is 2. The van der Waals surface area contributed by atoms with Gasteiger partial charge in [-0.05, 0) is 48.9 Å². The lowest BCUT2D eigenvalue weighted by atomic mass is 10.0. The maximum absolute atomic E-state index is 12.3. The molecule has 0 radical (unpaired) electrons. The van der Waals surface area contributed by atoms with E-state index in [0.29, 0.717) is 10.4 Å². The first-order valence-corrected chi connectivity index (χ1v) is 8.62. The third kappa shape index (κ3) is 4.67. The average Bonchev–Trinajstić information content (AvgIpc) is 3.09. The van der Waals surface area contributed by atoms with Crippen molar-refractivity contribution in [1.29, 1.82) is 0 Å². The molecule has 0 bridgehead atoms. The zero-order valence-corrected chi connectivity index (χ0v) is 15.0. The molecule has 6 nitrogen and oxygen atoms in total. The quantitative estimate of drug-likeness (QED) is 0.737. The van der Waals surface area contributed by atoms with Crippen LogP contribution in [0.1, 0.15) is 39.3 Å². The summed E-state index contributed by atoms with van der Waals surface area (Å²) in [5.41, 5.74) is 2.47. The van der Waals surface area contributed by atoms with Crippen molar-refractivity contribution in [3.05, 3.63) is 57.3 Å². The second-order valence-corrected chi connectivity index (χ2v) is 6.74. The van der Waals surface area contributed by atoms with Gasteiger partial charge < -0.3 is 15.7 Å². The molecule has 0 saturated heterocycles. The van der Waals surface area contributed by atoms with Crippen molar-refractivity contribution in [2.75, 3.05) is 0 Å². The van der Waals surface area contributed by atoms with Gasteiger partial charge in [-0.25, -0.2) is 4.79 Å². The summed E-state index contributed by atoms with van der Waals surface area (Å²) >= 11 is 1.27. The predicted octanol–water partition coefficient (Wildman–Crippen LogP) is 2.43. The predicted molar refractivity (Wildman–Crippen MR) is 95.7 cm³/mol. The standard InChI is InChI=1S/C18H20N2O4S/c1-10-6-7-13(9-11(10)2)15(18(23)24)20-16(21)12(3)19-17(22)14-5-4-8-25-14/h4-9,12,15H,1-3H3,(H,19,22)(H,20,21)(H,23,24). The minimum Gasteiger partial charge on any atom is -0.479 e. The van der Waals surface area contributed by atoms with Crippen molar-refractivity contribution in [1.82, 2.24) is 10.6 Å². The Kier molecular flexibility index (Phi) is 5.93. The second kappa shape index (κ2) is 7.94. The van der Waals surface area contributed by atoms with Gasteiger partial charge in [-0.2, -0.15) is 0 Å². The molecular formula is C18H20N2O4S. The molecule has 1 aromatic carbocycles. The SMILES string of the molecule is Cc1ccc(C(NC(=O)C(C)NC(=O)c2cccs2)C(=O)O)cc1C. The number of rotatable bonds is 6. The van der Waals surface area contributed by atoms with Gasteiger partial charge in [-0.3, -0.25) is 9.59 Å². The normalized spacial score (nSPS) is 12.9. The molecule has 0 aliphatic heterocycles. The van der Waals surface area contributed by atoms with Gasteiger partial charge in [0.2, 0.25) is 5.91 Å². The van der Waals surface area contributed by atoms with Gasteiger partial charge in [0.1, 0.15) is 6.04 Å². The van der Waals surface area contributed by atoms with Crippen molar-refractivity contribution in [3.63, 3.8) is 0 Å². The fraction of sp³-hybridized carbons (Fsp3) is 0.278. The lowest BCUT2D eigenvalue weighted by Crippen LogP contribution is -2.47. The van der Waals surface area contributed by atoms with Crippen molar-refractivity contribution < 1.29 is 19.5 Å². The summed E-state index contributed by atoms with van der Waals surface area (Å²) < 4.78 is 0. The van der Waals surface area contributed by atoms with Gasteiger partial charge in [0.05, 0.1) is 4.88 Å². The Labute approximate surface area is 149 Å². The van der Waals surface area contributed by atoms with E-state index >= 15 is 0 Å². The molecule has 1 aromatic heterocycles. The van der Waals surface area contributed by atoms with E-state index in [1.165, 1.54) is 18.3 Å². The first-order valence-electron chi connectivity index (χ1n) is 7.74. The summed E-state index contributed by atoms with van der Waals surface area (Å²) in [6.07, 6.45) is 0. The number of carbonyl (C=O) groups excluding carboxylic acids is 2. The number of carboxylic acid groups (broad SMARTS) is 1. The summed E-state index contributed by atoms with van der Waals surface area (Å²) in [5, 5.41) is 16.3. The molecule has 0 saturated carbocycles. The second-order valence-electron chi connectivity index (χ2n) is 5.80. The molecule has 2 rings (SSSR count). The molecule has 2 unspecified atom stereocenters. The van der Waals surface area contributed by atoms with E-state index in [2.05, 4.69) is 10.6 Å². The van der Waals surface area contributed by atoms with E-state index < -0.39 is 24.0 Å². The Morgan fingerprint density at radius 2 is 1.80 bits per heavy atom. The van der Waals surface area contributed by atoms with Gasteiger partial charge in [0.15, 0.2) is 6.04 Å². The van der Waals surface area contributed by atoms with Crippen molar-refractivity contribution >= 4 is 29.1 Å². The number of amides is 2. The third-order valence-electron chi connectivity index (χ3n) is 3.88. The highest BCUT2D eigenvalue weighted by Crippen LogP contribution is 2.18. The van der Waals surface area contributed by atoms with E-state index in [4.69, 9.17) is 0 Å². The van der Waals surface area contributed by atoms with Crippen LogP contribution in [0.2, 0.25) is 0 Å². The van der Waals surface area contributed by atoms with E-state index in [1.807, 2.05) is 19.9 Å². The van der Waals surface area contributed by atoms with Crippen LogP contribution in [0.15, 0.2) is 35.7 Å². The maximum Gasteiger partial charge on any atom is 0.330 e. The Bertz CT molecular complexity index is 786. The van der Waals surface area contributed by atoms with E-state index in [0.717, 1.165) is 11.1 Å². The highest BCUT2D eigenvalue weighted by Gasteiger charge is 2.26. The minimum absolute atomic E-state index is 0.365. The van der Waals surface area contributed by atoms with Crippen molar-refractivity contribution in [2.24, 2.45) is 0 Å². The van der Waals surface area contributed by atoms with Gasteiger partial charge in [-0.15, -0.1) is 11.3 Å². The summed E-state index contributed by atoms with van der Waals surface area (Å²) in [4.78, 5) is 36.4. The Morgan fingerprint density at radius 3 is 2.36 bits per heavy atom. The summed E-state index contributed by atoms with van der Waals surface area (Å²) in [6.45, 7) is 5.32. The van der Waals surface area contributed by atoms with Gasteiger partial charge >= 0.3 is 5.97 Å². The minimum atomic E-state index is -1.17. The zero-order chi connectivity index (χ0) is 18.6. The van der Waals surface area contributed by atoms with Crippen LogP contribution in [-0.4, -0.2) is 28.9 Å². The summed E-state index contributed by atoms with van der Waals surface area (Å²) in [5.74, 6) is -2.08. The lowest BCUT2D eigenvalue weighted by Gasteiger charge is -2.19. The van der Waals surface area contributed by atoms with Crippen LogP contribution in [-0.2, 0) is 9.59 Å². The topological polar surface area (TPSA) is 95.5 Å². The summed E-state index contributed by atoms with van der Waals surface area (Å²) in [6, 6.07) is 6.59. The molecule has 1 heterocycles. The summed E-state index contributed by atoms with van der Waals surface area (Å²) in [7, 11) is 0.